The van der Waals surface area contributed by atoms with Gasteiger partial charge in [0.25, 0.3) is 0 Å². The minimum Gasteiger partial charge on any atom is -0.493 e. The molecule has 0 unspecified atom stereocenters. The summed E-state index contributed by atoms with van der Waals surface area (Å²) in [6, 6.07) is 12.1. The molecule has 1 aromatic heterocycles. The molecule has 164 valence electrons. The van der Waals surface area contributed by atoms with E-state index >= 15 is 0 Å². The molecule has 3 aromatic rings. The Kier molecular flexibility index (Phi) is 5.96. The summed E-state index contributed by atoms with van der Waals surface area (Å²) in [5, 5.41) is 4.37. The number of anilines is 1. The van der Waals surface area contributed by atoms with E-state index in [1.165, 1.54) is 18.4 Å². The minimum absolute atomic E-state index is 0.108. The van der Waals surface area contributed by atoms with Crippen LogP contribution in [0.3, 0.4) is 0 Å². The quantitative estimate of drug-likeness (QED) is 0.544. The summed E-state index contributed by atoms with van der Waals surface area (Å²) >= 11 is 1.32. The van der Waals surface area contributed by atoms with Crippen LogP contribution in [0.2, 0.25) is 0 Å². The molecule has 1 aliphatic rings. The highest BCUT2D eigenvalue weighted by atomic mass is 32.2. The van der Waals surface area contributed by atoms with Crippen molar-refractivity contribution in [2.24, 2.45) is 0 Å². The van der Waals surface area contributed by atoms with Crippen molar-refractivity contribution in [1.29, 1.82) is 0 Å². The molecular formula is C24H21NO5S2. The average molecular weight is 468 g/mol. The maximum Gasteiger partial charge on any atom is 0.225 e. The number of carbonyl (C=O) groups is 1. The van der Waals surface area contributed by atoms with E-state index in [9.17, 15) is 13.2 Å². The van der Waals surface area contributed by atoms with Gasteiger partial charge in [0.2, 0.25) is 15.7 Å². The molecule has 4 rings (SSSR count). The summed E-state index contributed by atoms with van der Waals surface area (Å²) in [5.74, 6) is 2.86. The Labute approximate surface area is 191 Å². The van der Waals surface area contributed by atoms with Crippen molar-refractivity contribution >= 4 is 32.8 Å². The van der Waals surface area contributed by atoms with Gasteiger partial charge < -0.3 is 14.8 Å². The number of aryl methyl sites for hydroxylation is 1. The predicted octanol–water partition coefficient (Wildman–Crippen LogP) is 4.38. The lowest BCUT2D eigenvalue weighted by Crippen LogP contribution is -2.23. The van der Waals surface area contributed by atoms with Gasteiger partial charge in [0.1, 0.15) is 11.5 Å². The van der Waals surface area contributed by atoms with Gasteiger partial charge in [-0.1, -0.05) is 29.7 Å². The SMILES string of the molecule is C#CCOc1ccc([C@@H]2CC(=O)Nc3c(S(=O)(=O)c4ccc(C)cc4)csc32)cc1OC. The maximum atomic E-state index is 13.3. The first-order valence-corrected chi connectivity index (χ1v) is 12.2. The third-order valence-electron chi connectivity index (χ3n) is 5.28. The fraction of sp³-hybridized carbons (Fsp3) is 0.208. The van der Waals surface area contributed by atoms with Crippen molar-refractivity contribution in [2.45, 2.75) is 29.1 Å². The predicted molar refractivity (Wildman–Crippen MR) is 123 cm³/mol. The molecule has 0 aliphatic carbocycles. The molecule has 0 fully saturated rings. The van der Waals surface area contributed by atoms with Gasteiger partial charge in [-0.05, 0) is 36.8 Å². The van der Waals surface area contributed by atoms with E-state index in [0.717, 1.165) is 16.0 Å². The summed E-state index contributed by atoms with van der Waals surface area (Å²) in [6.45, 7) is 2.00. The number of fused-ring (bicyclic) bond motifs is 1. The normalized spacial score (nSPS) is 15.4. The first-order chi connectivity index (χ1) is 15.3. The van der Waals surface area contributed by atoms with Gasteiger partial charge in [-0.2, -0.15) is 0 Å². The number of nitrogens with one attached hydrogen (secondary N) is 1. The summed E-state index contributed by atoms with van der Waals surface area (Å²) in [7, 11) is -2.25. The number of terminal acetylenes is 1. The number of carbonyl (C=O) groups excluding carboxylic acids is 1. The minimum atomic E-state index is -3.78. The number of amides is 1. The molecular weight excluding hydrogens is 446 g/mol. The summed E-state index contributed by atoms with van der Waals surface area (Å²) < 4.78 is 37.5. The lowest BCUT2D eigenvalue weighted by atomic mass is 9.90. The smallest absolute Gasteiger partial charge is 0.225 e. The number of rotatable bonds is 6. The molecule has 32 heavy (non-hydrogen) atoms. The van der Waals surface area contributed by atoms with Gasteiger partial charge in [-0.25, -0.2) is 8.42 Å². The number of hydrogen-bond donors (Lipinski definition) is 1. The van der Waals surface area contributed by atoms with Crippen LogP contribution in [0.4, 0.5) is 5.69 Å². The fourth-order valence-electron chi connectivity index (χ4n) is 3.66. The van der Waals surface area contributed by atoms with Crippen LogP contribution >= 0.6 is 11.3 Å². The van der Waals surface area contributed by atoms with Crippen LogP contribution in [0.1, 0.15) is 28.3 Å². The monoisotopic (exact) mass is 467 g/mol. The van der Waals surface area contributed by atoms with Crippen LogP contribution in [-0.2, 0) is 14.6 Å². The lowest BCUT2D eigenvalue weighted by Gasteiger charge is -2.24. The van der Waals surface area contributed by atoms with Gasteiger partial charge in [0.15, 0.2) is 11.5 Å². The molecule has 6 nitrogen and oxygen atoms in total. The second-order valence-electron chi connectivity index (χ2n) is 7.36. The van der Waals surface area contributed by atoms with Gasteiger partial charge in [0, 0.05) is 22.6 Å². The zero-order valence-electron chi connectivity index (χ0n) is 17.5. The second kappa shape index (κ2) is 8.69. The molecule has 0 saturated heterocycles. The van der Waals surface area contributed by atoms with Gasteiger partial charge >= 0.3 is 0 Å². The highest BCUT2D eigenvalue weighted by Crippen LogP contribution is 2.47. The maximum absolute atomic E-state index is 13.3. The fourth-order valence-corrected chi connectivity index (χ4v) is 6.56. The van der Waals surface area contributed by atoms with Crippen LogP contribution in [0.15, 0.2) is 57.6 Å². The summed E-state index contributed by atoms with van der Waals surface area (Å²) in [5.41, 5.74) is 2.14. The Morgan fingerprint density at radius 1 is 1.19 bits per heavy atom. The molecule has 0 saturated carbocycles. The number of sulfone groups is 1. The first kappa shape index (κ1) is 21.9. The number of thiophene rings is 1. The summed E-state index contributed by atoms with van der Waals surface area (Å²) in [6.07, 6.45) is 5.46. The van der Waals surface area contributed by atoms with Crippen LogP contribution in [0.25, 0.3) is 0 Å². The van der Waals surface area contributed by atoms with E-state index in [-0.39, 0.29) is 34.6 Å². The molecule has 0 spiro atoms. The molecule has 0 radical (unpaired) electrons. The Hall–Kier alpha value is -3.28. The van der Waals surface area contributed by atoms with Crippen LogP contribution < -0.4 is 14.8 Å². The highest BCUT2D eigenvalue weighted by molar-refractivity contribution is 7.91. The standard InChI is InChI=1S/C24H21NO5S2/c1-4-11-30-19-10-7-16(12-20(19)29-3)18-13-22(26)25-23-21(14-31-24(18)23)32(27,28)17-8-5-15(2)6-9-17/h1,5-10,12,14,18H,11,13H2,2-3H3,(H,25,26)/t18-/m0/s1. The zero-order valence-corrected chi connectivity index (χ0v) is 19.2. The average Bonchev–Trinajstić information content (AvgIpc) is 3.22. The topological polar surface area (TPSA) is 81.7 Å². The molecule has 1 aliphatic heterocycles. The van der Waals surface area contributed by atoms with Crippen LogP contribution in [0, 0.1) is 19.3 Å². The van der Waals surface area contributed by atoms with Crippen molar-refractivity contribution in [3.8, 4) is 23.8 Å². The Balaban J connectivity index is 1.76. The van der Waals surface area contributed by atoms with Gasteiger partial charge in [-0.3, -0.25) is 4.79 Å². The van der Waals surface area contributed by atoms with Crippen LogP contribution in [-0.4, -0.2) is 28.0 Å². The molecule has 1 N–H and O–H groups in total. The zero-order chi connectivity index (χ0) is 22.9. The van der Waals surface area contributed by atoms with Crippen molar-refractivity contribution in [1.82, 2.24) is 0 Å². The van der Waals surface area contributed by atoms with Crippen LogP contribution in [0.5, 0.6) is 11.5 Å². The molecule has 2 aromatic carbocycles. The summed E-state index contributed by atoms with van der Waals surface area (Å²) in [4.78, 5) is 13.6. The van der Waals surface area contributed by atoms with Gasteiger partial charge in [0.05, 0.1) is 17.7 Å². The largest absolute Gasteiger partial charge is 0.493 e. The van der Waals surface area contributed by atoms with E-state index in [1.807, 2.05) is 13.0 Å². The van der Waals surface area contributed by atoms with E-state index in [1.54, 1.807) is 41.8 Å². The van der Waals surface area contributed by atoms with Gasteiger partial charge in [-0.15, -0.1) is 17.8 Å². The molecule has 1 atom stereocenters. The first-order valence-electron chi connectivity index (χ1n) is 9.82. The van der Waals surface area contributed by atoms with Crippen molar-refractivity contribution in [2.75, 3.05) is 19.0 Å². The Morgan fingerprint density at radius 2 is 1.94 bits per heavy atom. The third kappa shape index (κ3) is 3.97. The van der Waals surface area contributed by atoms with Crippen molar-refractivity contribution in [3.63, 3.8) is 0 Å². The van der Waals surface area contributed by atoms with E-state index in [4.69, 9.17) is 15.9 Å². The third-order valence-corrected chi connectivity index (χ3v) is 8.32. The Bertz CT molecular complexity index is 1320. The molecule has 2 heterocycles. The van der Waals surface area contributed by atoms with Crippen molar-refractivity contribution < 1.29 is 22.7 Å². The van der Waals surface area contributed by atoms with E-state index < -0.39 is 9.84 Å². The number of hydrogen-bond acceptors (Lipinski definition) is 6. The van der Waals surface area contributed by atoms with E-state index in [0.29, 0.717) is 17.2 Å². The second-order valence-corrected chi connectivity index (χ2v) is 10.2. The number of ether oxygens (including phenoxy) is 2. The molecule has 0 bridgehead atoms. The lowest BCUT2D eigenvalue weighted by molar-refractivity contribution is -0.116. The van der Waals surface area contributed by atoms with E-state index in [2.05, 4.69) is 11.2 Å². The Morgan fingerprint density at radius 3 is 2.62 bits per heavy atom. The molecule has 1 amide bonds. The van der Waals surface area contributed by atoms with Crippen molar-refractivity contribution in [3.05, 3.63) is 63.8 Å². The number of methoxy groups -OCH3 is 1. The molecule has 8 heteroatoms. The highest BCUT2D eigenvalue weighted by Gasteiger charge is 2.34. The number of benzene rings is 2.